The summed E-state index contributed by atoms with van der Waals surface area (Å²) in [6.45, 7) is -2.06. The summed E-state index contributed by atoms with van der Waals surface area (Å²) >= 11 is 0. The van der Waals surface area contributed by atoms with Gasteiger partial charge in [-0.05, 0) is 18.8 Å². The highest BCUT2D eigenvalue weighted by Gasteiger charge is 1.94. The molecule has 0 saturated carbocycles. The van der Waals surface area contributed by atoms with Gasteiger partial charge in [0.1, 0.15) is 0 Å². The van der Waals surface area contributed by atoms with Crippen molar-refractivity contribution in [1.82, 2.24) is 0 Å². The van der Waals surface area contributed by atoms with Gasteiger partial charge in [0, 0.05) is 10.2 Å². The van der Waals surface area contributed by atoms with Gasteiger partial charge in [-0.3, -0.25) is 0 Å². The van der Waals surface area contributed by atoms with Gasteiger partial charge in [0.15, 0.2) is 0 Å². The van der Waals surface area contributed by atoms with E-state index in [4.69, 9.17) is 9.85 Å². The average molecular weight is 139 g/mol. The SMILES string of the molecule is [2H][13C]([2H])([2H])C(N)Cc1ccccc1. The topological polar surface area (TPSA) is 26.0 Å². The van der Waals surface area contributed by atoms with Crippen LogP contribution >= 0.6 is 0 Å². The first-order valence-corrected chi connectivity index (χ1v) is 3.29. The van der Waals surface area contributed by atoms with Gasteiger partial charge in [-0.15, -0.1) is 0 Å². The van der Waals surface area contributed by atoms with E-state index in [1.54, 1.807) is 0 Å². The maximum absolute atomic E-state index is 7.10. The molecule has 0 radical (unpaired) electrons. The second-order valence-corrected chi connectivity index (χ2v) is 2.30. The monoisotopic (exact) mass is 139 g/mol. The van der Waals surface area contributed by atoms with E-state index in [1.807, 2.05) is 30.3 Å². The van der Waals surface area contributed by atoms with Crippen molar-refractivity contribution in [3.63, 3.8) is 0 Å². The predicted octanol–water partition coefficient (Wildman–Crippen LogP) is 1.58. The second kappa shape index (κ2) is 3.37. The lowest BCUT2D eigenvalue weighted by Crippen LogP contribution is -2.17. The van der Waals surface area contributed by atoms with E-state index >= 15 is 0 Å². The summed E-state index contributed by atoms with van der Waals surface area (Å²) in [4.78, 5) is 0. The van der Waals surface area contributed by atoms with Gasteiger partial charge in [-0.25, -0.2) is 0 Å². The number of benzene rings is 1. The Balaban J connectivity index is 2.61. The fraction of sp³-hybridized carbons (Fsp3) is 0.333. The quantitative estimate of drug-likeness (QED) is 0.618. The van der Waals surface area contributed by atoms with E-state index in [1.165, 1.54) is 0 Å². The van der Waals surface area contributed by atoms with Crippen molar-refractivity contribution in [1.29, 1.82) is 0 Å². The molecule has 0 spiro atoms. The summed E-state index contributed by atoms with van der Waals surface area (Å²) in [7, 11) is 0. The van der Waals surface area contributed by atoms with Crippen LogP contribution in [0.2, 0.25) is 0 Å². The Morgan fingerprint density at radius 3 is 2.80 bits per heavy atom. The summed E-state index contributed by atoms with van der Waals surface area (Å²) in [5, 5.41) is 0. The fourth-order valence-corrected chi connectivity index (χ4v) is 0.868. The molecule has 0 aliphatic carbocycles. The van der Waals surface area contributed by atoms with E-state index < -0.39 is 12.9 Å². The highest BCUT2D eigenvalue weighted by atomic mass is 14.6. The van der Waals surface area contributed by atoms with Gasteiger partial charge in [0.25, 0.3) is 0 Å². The zero-order chi connectivity index (χ0) is 9.90. The molecule has 10 heavy (non-hydrogen) atoms. The second-order valence-electron chi connectivity index (χ2n) is 2.30. The molecule has 0 amide bonds. The number of hydrogen-bond donors (Lipinski definition) is 1. The molecule has 1 atom stereocenters. The van der Waals surface area contributed by atoms with Crippen LogP contribution in [0.15, 0.2) is 30.3 Å². The molecule has 2 N–H and O–H groups in total. The zero-order valence-corrected chi connectivity index (χ0v) is 5.75. The Labute approximate surface area is 66.1 Å². The van der Waals surface area contributed by atoms with Gasteiger partial charge in [0.2, 0.25) is 0 Å². The van der Waals surface area contributed by atoms with E-state index in [9.17, 15) is 0 Å². The van der Waals surface area contributed by atoms with Gasteiger partial charge in [-0.2, -0.15) is 0 Å². The van der Waals surface area contributed by atoms with E-state index in [0.717, 1.165) is 5.56 Å². The Kier molecular flexibility index (Phi) is 1.40. The molecule has 1 nitrogen and oxygen atoms in total. The molecule has 0 fully saturated rings. The molecule has 1 aromatic carbocycles. The Hall–Kier alpha value is -0.820. The molecular formula is C9H13N. The van der Waals surface area contributed by atoms with Crippen LogP contribution in [-0.4, -0.2) is 6.04 Å². The van der Waals surface area contributed by atoms with E-state index in [-0.39, 0.29) is 0 Å². The van der Waals surface area contributed by atoms with Gasteiger partial charge >= 0.3 is 0 Å². The third kappa shape index (κ3) is 2.19. The van der Waals surface area contributed by atoms with Gasteiger partial charge < -0.3 is 5.73 Å². The maximum Gasteiger partial charge on any atom is 0.0246 e. The summed E-state index contributed by atoms with van der Waals surface area (Å²) in [5.74, 6) is 0. The standard InChI is InChI=1S/C9H13N/c1-8(10)7-9-5-3-2-4-6-9/h2-6,8H,7,10H2,1H3/i1+1D3. The Bertz CT molecular complexity index is 255. The van der Waals surface area contributed by atoms with Crippen molar-refractivity contribution >= 4 is 0 Å². The van der Waals surface area contributed by atoms with Crippen LogP contribution in [0.5, 0.6) is 0 Å². The molecular weight excluding hydrogens is 123 g/mol. The summed E-state index contributed by atoms with van der Waals surface area (Å²) in [6, 6.07) is 8.64. The lowest BCUT2D eigenvalue weighted by molar-refractivity contribution is 0.738. The predicted molar refractivity (Wildman–Crippen MR) is 43.8 cm³/mol. The number of rotatable bonds is 2. The van der Waals surface area contributed by atoms with Crippen molar-refractivity contribution in [2.24, 2.45) is 5.73 Å². The molecule has 0 saturated heterocycles. The van der Waals surface area contributed by atoms with Crippen molar-refractivity contribution in [3.05, 3.63) is 35.9 Å². The highest BCUT2D eigenvalue weighted by molar-refractivity contribution is 5.15. The van der Waals surface area contributed by atoms with Crippen molar-refractivity contribution in [2.75, 3.05) is 0 Å². The summed E-state index contributed by atoms with van der Waals surface area (Å²) in [5.41, 5.74) is 6.48. The van der Waals surface area contributed by atoms with Gasteiger partial charge in [-0.1, -0.05) is 30.3 Å². The number of nitrogens with two attached hydrogens (primary N) is 1. The van der Waals surface area contributed by atoms with Crippen molar-refractivity contribution < 1.29 is 4.11 Å². The summed E-state index contributed by atoms with van der Waals surface area (Å²) < 4.78 is 21.3. The van der Waals surface area contributed by atoms with E-state index in [0.29, 0.717) is 6.42 Å². The zero-order valence-electron chi connectivity index (χ0n) is 8.75. The highest BCUT2D eigenvalue weighted by Crippen LogP contribution is 2.00. The molecule has 0 heterocycles. The molecule has 0 aliphatic heterocycles. The molecule has 1 unspecified atom stereocenters. The minimum absolute atomic E-state index is 0.400. The van der Waals surface area contributed by atoms with Crippen molar-refractivity contribution in [3.8, 4) is 0 Å². The van der Waals surface area contributed by atoms with Crippen LogP contribution in [0.4, 0.5) is 0 Å². The average Bonchev–Trinajstić information content (AvgIpc) is 2.04. The largest absolute Gasteiger partial charge is 0.328 e. The van der Waals surface area contributed by atoms with Crippen LogP contribution in [0.3, 0.4) is 0 Å². The Morgan fingerprint density at radius 2 is 2.20 bits per heavy atom. The Morgan fingerprint density at radius 1 is 1.50 bits per heavy atom. The molecule has 0 bridgehead atoms. The first kappa shape index (κ1) is 4.14. The molecule has 0 aromatic heterocycles. The lowest BCUT2D eigenvalue weighted by atomic mass is 10.1. The molecule has 54 valence electrons. The summed E-state index contributed by atoms with van der Waals surface area (Å²) in [6.07, 6.45) is 0.400. The maximum atomic E-state index is 7.10. The van der Waals surface area contributed by atoms with Crippen LogP contribution in [-0.2, 0) is 6.42 Å². The molecule has 1 aromatic rings. The normalized spacial score (nSPS) is 18.7. The van der Waals surface area contributed by atoms with Crippen LogP contribution in [0.25, 0.3) is 0 Å². The third-order valence-corrected chi connectivity index (χ3v) is 1.30. The smallest absolute Gasteiger partial charge is 0.0246 e. The number of hydrogen-bond acceptors (Lipinski definition) is 1. The van der Waals surface area contributed by atoms with Crippen LogP contribution in [0.1, 0.15) is 16.5 Å². The molecule has 0 aliphatic rings. The van der Waals surface area contributed by atoms with E-state index in [2.05, 4.69) is 0 Å². The molecule has 1 rings (SSSR count). The van der Waals surface area contributed by atoms with Crippen LogP contribution < -0.4 is 5.73 Å². The molecule has 1 heteroatoms. The minimum atomic E-state index is -2.06. The first-order chi connectivity index (χ1) is 6.00. The fourth-order valence-electron chi connectivity index (χ4n) is 0.868. The van der Waals surface area contributed by atoms with Gasteiger partial charge in [0.05, 0.1) is 0 Å². The van der Waals surface area contributed by atoms with Crippen molar-refractivity contribution in [2.45, 2.75) is 19.3 Å². The minimum Gasteiger partial charge on any atom is -0.328 e. The third-order valence-electron chi connectivity index (χ3n) is 1.30. The first-order valence-electron chi connectivity index (χ1n) is 4.79. The van der Waals surface area contributed by atoms with Crippen LogP contribution in [0, 0.1) is 0 Å². The lowest BCUT2D eigenvalue weighted by Gasteiger charge is -2.02.